The van der Waals surface area contributed by atoms with Crippen LogP contribution in [0.1, 0.15) is 36.1 Å². The number of carbonyl (C=O) groups is 1. The van der Waals surface area contributed by atoms with Crippen molar-refractivity contribution in [2.45, 2.75) is 37.6 Å². The maximum Gasteiger partial charge on any atom is 0.220 e. The fourth-order valence-electron chi connectivity index (χ4n) is 2.59. The quantitative estimate of drug-likeness (QED) is 0.832. The van der Waals surface area contributed by atoms with Gasteiger partial charge in [-0.15, -0.1) is 11.3 Å². The summed E-state index contributed by atoms with van der Waals surface area (Å²) >= 11 is 7.67. The van der Waals surface area contributed by atoms with Gasteiger partial charge in [0.1, 0.15) is 0 Å². The molecule has 1 aliphatic carbocycles. The molecule has 1 aromatic carbocycles. The highest BCUT2D eigenvalue weighted by Crippen LogP contribution is 2.45. The monoisotopic (exact) mass is 319 g/mol. The van der Waals surface area contributed by atoms with E-state index >= 15 is 0 Å². The standard InChI is InChI=1S/C17H18ClNOS/c18-14-8-6-13(7-9-14)17(10-11-17)19-16(20)5-1-3-15-4-2-12-21-15/h2,4,6-9,12H,1,3,5,10-11H2,(H,19,20). The summed E-state index contributed by atoms with van der Waals surface area (Å²) in [6.07, 6.45) is 4.52. The lowest BCUT2D eigenvalue weighted by atomic mass is 10.0. The van der Waals surface area contributed by atoms with E-state index in [2.05, 4.69) is 22.8 Å². The zero-order chi connectivity index (χ0) is 14.7. The number of hydrogen-bond acceptors (Lipinski definition) is 2. The number of hydrogen-bond donors (Lipinski definition) is 1. The van der Waals surface area contributed by atoms with Crippen LogP contribution in [-0.4, -0.2) is 5.91 Å². The molecule has 3 rings (SSSR count). The van der Waals surface area contributed by atoms with Gasteiger partial charge in [-0.25, -0.2) is 0 Å². The van der Waals surface area contributed by atoms with Crippen molar-refractivity contribution in [3.05, 3.63) is 57.2 Å². The Labute approximate surface area is 134 Å². The molecule has 0 aliphatic heterocycles. The Morgan fingerprint density at radius 2 is 2.00 bits per heavy atom. The van der Waals surface area contributed by atoms with E-state index < -0.39 is 0 Å². The van der Waals surface area contributed by atoms with Crippen LogP contribution >= 0.6 is 22.9 Å². The first-order valence-electron chi connectivity index (χ1n) is 7.27. The van der Waals surface area contributed by atoms with Crippen molar-refractivity contribution in [2.75, 3.05) is 0 Å². The molecular weight excluding hydrogens is 302 g/mol. The Kier molecular flexibility index (Phi) is 4.32. The van der Waals surface area contributed by atoms with Crippen LogP contribution in [-0.2, 0) is 16.8 Å². The molecule has 1 aliphatic rings. The molecule has 21 heavy (non-hydrogen) atoms. The van der Waals surface area contributed by atoms with Crippen molar-refractivity contribution >= 4 is 28.8 Å². The fraction of sp³-hybridized carbons (Fsp3) is 0.353. The second-order valence-corrected chi connectivity index (χ2v) is 7.04. The topological polar surface area (TPSA) is 29.1 Å². The number of benzene rings is 1. The third-order valence-electron chi connectivity index (χ3n) is 3.93. The molecular formula is C17H18ClNOS. The predicted molar refractivity (Wildman–Crippen MR) is 87.8 cm³/mol. The Balaban J connectivity index is 1.51. The van der Waals surface area contributed by atoms with Crippen molar-refractivity contribution < 1.29 is 4.79 Å². The number of rotatable bonds is 6. The summed E-state index contributed by atoms with van der Waals surface area (Å²) in [4.78, 5) is 13.5. The molecule has 1 heterocycles. The van der Waals surface area contributed by atoms with Gasteiger partial charge < -0.3 is 5.32 Å². The molecule has 110 valence electrons. The number of aryl methyl sites for hydroxylation is 1. The molecule has 1 saturated carbocycles. The Hall–Kier alpha value is -1.32. The molecule has 0 spiro atoms. The molecule has 1 fully saturated rings. The molecule has 1 aromatic heterocycles. The highest BCUT2D eigenvalue weighted by atomic mass is 35.5. The second-order valence-electron chi connectivity index (χ2n) is 5.57. The van der Waals surface area contributed by atoms with Gasteiger partial charge in [-0.1, -0.05) is 29.8 Å². The first-order chi connectivity index (χ1) is 10.2. The molecule has 4 heteroatoms. The summed E-state index contributed by atoms with van der Waals surface area (Å²) in [6.45, 7) is 0. The molecule has 1 N–H and O–H groups in total. The smallest absolute Gasteiger partial charge is 0.220 e. The van der Waals surface area contributed by atoms with Crippen LogP contribution in [0.25, 0.3) is 0 Å². The minimum Gasteiger partial charge on any atom is -0.347 e. The number of halogens is 1. The molecule has 1 amide bonds. The van der Waals surface area contributed by atoms with Crippen LogP contribution in [0.4, 0.5) is 0 Å². The maximum atomic E-state index is 12.1. The minimum absolute atomic E-state index is 0.134. The van der Waals surface area contributed by atoms with Crippen LogP contribution < -0.4 is 5.32 Å². The lowest BCUT2D eigenvalue weighted by molar-refractivity contribution is -0.122. The van der Waals surface area contributed by atoms with Gasteiger partial charge in [0, 0.05) is 16.3 Å². The van der Waals surface area contributed by atoms with E-state index in [9.17, 15) is 4.79 Å². The lowest BCUT2D eigenvalue weighted by Crippen LogP contribution is -2.34. The Morgan fingerprint density at radius 3 is 2.62 bits per heavy atom. The van der Waals surface area contributed by atoms with Gasteiger partial charge in [0.25, 0.3) is 0 Å². The minimum atomic E-state index is -0.134. The normalized spacial score (nSPS) is 15.7. The number of amides is 1. The predicted octanol–water partition coefficient (Wildman–Crippen LogP) is 4.53. The zero-order valence-corrected chi connectivity index (χ0v) is 13.3. The molecule has 2 nitrogen and oxygen atoms in total. The SMILES string of the molecule is O=C(CCCc1cccs1)NC1(c2ccc(Cl)cc2)CC1. The van der Waals surface area contributed by atoms with Gasteiger partial charge in [0.2, 0.25) is 5.91 Å². The van der Waals surface area contributed by atoms with E-state index in [0.29, 0.717) is 6.42 Å². The van der Waals surface area contributed by atoms with Crippen LogP contribution in [0.5, 0.6) is 0 Å². The first-order valence-corrected chi connectivity index (χ1v) is 8.53. The van der Waals surface area contributed by atoms with Crippen molar-refractivity contribution in [3.8, 4) is 0 Å². The number of carbonyl (C=O) groups excluding carboxylic acids is 1. The third-order valence-corrected chi connectivity index (χ3v) is 5.12. The van der Waals surface area contributed by atoms with E-state index in [1.807, 2.05) is 24.3 Å². The van der Waals surface area contributed by atoms with E-state index in [4.69, 9.17) is 11.6 Å². The molecule has 0 radical (unpaired) electrons. The van der Waals surface area contributed by atoms with E-state index in [0.717, 1.165) is 30.7 Å². The highest BCUT2D eigenvalue weighted by molar-refractivity contribution is 7.09. The van der Waals surface area contributed by atoms with Crippen molar-refractivity contribution in [3.63, 3.8) is 0 Å². The largest absolute Gasteiger partial charge is 0.347 e. The van der Waals surface area contributed by atoms with Gasteiger partial charge in [-0.3, -0.25) is 4.79 Å². The van der Waals surface area contributed by atoms with Crippen LogP contribution in [0, 0.1) is 0 Å². The summed E-state index contributed by atoms with van der Waals surface area (Å²) in [5.41, 5.74) is 1.03. The summed E-state index contributed by atoms with van der Waals surface area (Å²) < 4.78 is 0. The van der Waals surface area contributed by atoms with Gasteiger partial charge in [0.15, 0.2) is 0 Å². The molecule has 0 atom stereocenters. The Bertz CT molecular complexity index is 602. The highest BCUT2D eigenvalue weighted by Gasteiger charge is 2.45. The van der Waals surface area contributed by atoms with Crippen LogP contribution in [0.15, 0.2) is 41.8 Å². The number of nitrogens with one attached hydrogen (secondary N) is 1. The van der Waals surface area contributed by atoms with Crippen molar-refractivity contribution in [1.82, 2.24) is 5.32 Å². The first kappa shape index (κ1) is 14.6. The molecule has 0 bridgehead atoms. The number of thiophene rings is 1. The Morgan fingerprint density at radius 1 is 1.24 bits per heavy atom. The zero-order valence-electron chi connectivity index (χ0n) is 11.8. The van der Waals surface area contributed by atoms with Gasteiger partial charge in [-0.2, -0.15) is 0 Å². The lowest BCUT2D eigenvalue weighted by Gasteiger charge is -2.18. The second kappa shape index (κ2) is 6.20. The molecule has 2 aromatic rings. The fourth-order valence-corrected chi connectivity index (χ4v) is 3.46. The summed E-state index contributed by atoms with van der Waals surface area (Å²) in [5.74, 6) is 0.152. The van der Waals surface area contributed by atoms with Crippen molar-refractivity contribution in [1.29, 1.82) is 0 Å². The van der Waals surface area contributed by atoms with Gasteiger partial charge in [0.05, 0.1) is 5.54 Å². The summed E-state index contributed by atoms with van der Waals surface area (Å²) in [7, 11) is 0. The van der Waals surface area contributed by atoms with E-state index in [-0.39, 0.29) is 11.4 Å². The van der Waals surface area contributed by atoms with Crippen molar-refractivity contribution in [2.24, 2.45) is 0 Å². The average molecular weight is 320 g/mol. The molecule has 0 unspecified atom stereocenters. The van der Waals surface area contributed by atoms with Gasteiger partial charge in [-0.05, 0) is 54.8 Å². The maximum absolute atomic E-state index is 12.1. The molecule has 0 saturated heterocycles. The third kappa shape index (κ3) is 3.66. The average Bonchev–Trinajstić information content (AvgIpc) is 3.05. The van der Waals surface area contributed by atoms with Crippen LogP contribution in [0.2, 0.25) is 5.02 Å². The van der Waals surface area contributed by atoms with E-state index in [1.54, 1.807) is 11.3 Å². The van der Waals surface area contributed by atoms with Crippen LogP contribution in [0.3, 0.4) is 0 Å². The van der Waals surface area contributed by atoms with Gasteiger partial charge >= 0.3 is 0 Å². The van der Waals surface area contributed by atoms with E-state index in [1.165, 1.54) is 10.4 Å². The summed E-state index contributed by atoms with van der Waals surface area (Å²) in [5, 5.41) is 6.02. The summed E-state index contributed by atoms with van der Waals surface area (Å²) in [6, 6.07) is 12.0.